The highest BCUT2D eigenvalue weighted by molar-refractivity contribution is 7.93. The van der Waals surface area contributed by atoms with Crippen molar-refractivity contribution in [3.63, 3.8) is 0 Å². The number of thiazole rings is 1. The lowest BCUT2D eigenvalue weighted by atomic mass is 10.2. The zero-order valence-corrected chi connectivity index (χ0v) is 17.2. The molecule has 1 N–H and O–H groups in total. The average molecular weight is 443 g/mol. The fourth-order valence-electron chi connectivity index (χ4n) is 3.04. The second-order valence-corrected chi connectivity index (χ2v) is 9.03. The smallest absolute Gasteiger partial charge is 0.268 e. The normalized spacial score (nSPS) is 16.3. The van der Waals surface area contributed by atoms with E-state index in [1.165, 1.54) is 29.7 Å². The van der Waals surface area contributed by atoms with E-state index in [2.05, 4.69) is 9.71 Å². The molecule has 154 valence electrons. The van der Waals surface area contributed by atoms with Crippen LogP contribution in [0.3, 0.4) is 0 Å². The van der Waals surface area contributed by atoms with Crippen molar-refractivity contribution >= 4 is 38.1 Å². The average Bonchev–Trinajstić information content (AvgIpc) is 3.38. The Morgan fingerprint density at radius 2 is 1.93 bits per heavy atom. The van der Waals surface area contributed by atoms with E-state index in [4.69, 9.17) is 10.00 Å². The Bertz CT molecular complexity index is 1190. The molecule has 30 heavy (non-hydrogen) atoms. The molecule has 1 aliphatic rings. The predicted octanol–water partition coefficient (Wildman–Crippen LogP) is 3.25. The van der Waals surface area contributed by atoms with Crippen LogP contribution in [0.1, 0.15) is 13.4 Å². The van der Waals surface area contributed by atoms with Crippen LogP contribution in [-0.2, 0) is 14.8 Å². The quantitative estimate of drug-likeness (QED) is 0.627. The molecular formula is C20H18N4O4S2. The summed E-state index contributed by atoms with van der Waals surface area (Å²) in [6.45, 7) is 0.462. The third-order valence-electron chi connectivity index (χ3n) is 4.53. The van der Waals surface area contributed by atoms with Crippen molar-refractivity contribution in [3.8, 4) is 11.8 Å². The number of hydrogen-bond donors (Lipinski definition) is 1. The highest BCUT2D eigenvalue weighted by atomic mass is 32.2. The monoisotopic (exact) mass is 442 g/mol. The third-order valence-corrected chi connectivity index (χ3v) is 6.70. The molecular weight excluding hydrogens is 424 g/mol. The number of amides is 1. The van der Waals surface area contributed by atoms with E-state index in [-0.39, 0.29) is 17.4 Å². The van der Waals surface area contributed by atoms with Crippen LogP contribution in [0, 0.1) is 11.3 Å². The number of rotatable bonds is 6. The summed E-state index contributed by atoms with van der Waals surface area (Å²) in [5, 5.41) is 10.8. The Labute approximate surface area is 178 Å². The molecule has 1 amide bonds. The molecule has 1 unspecified atom stereocenters. The van der Waals surface area contributed by atoms with E-state index in [9.17, 15) is 13.2 Å². The van der Waals surface area contributed by atoms with Gasteiger partial charge in [-0.1, -0.05) is 0 Å². The number of benzene rings is 2. The second kappa shape index (κ2) is 8.14. The van der Waals surface area contributed by atoms with Gasteiger partial charge in [0.15, 0.2) is 11.2 Å². The number of sulfonamides is 1. The van der Waals surface area contributed by atoms with Gasteiger partial charge in [0.2, 0.25) is 0 Å². The van der Waals surface area contributed by atoms with Crippen molar-refractivity contribution in [2.45, 2.75) is 17.4 Å². The fourth-order valence-corrected chi connectivity index (χ4v) is 4.83. The molecule has 10 heteroatoms. The molecule has 3 aromatic rings. The maximum atomic E-state index is 12.7. The van der Waals surface area contributed by atoms with Crippen LogP contribution < -0.4 is 14.4 Å². The topological polar surface area (TPSA) is 112 Å². The van der Waals surface area contributed by atoms with Crippen molar-refractivity contribution < 1.29 is 19.4 Å². The molecule has 2 heterocycles. The summed E-state index contributed by atoms with van der Waals surface area (Å²) in [7, 11) is -3.75. The number of nitrogens with zero attached hydrogens (tertiary/aromatic N) is 3. The zero-order valence-electron chi connectivity index (χ0n) is 15.6. The first-order chi connectivity index (χ1) is 14.5. The van der Waals surface area contributed by atoms with Gasteiger partial charge in [-0.3, -0.25) is 9.52 Å². The van der Waals surface area contributed by atoms with Gasteiger partial charge in [0.05, 0.1) is 16.5 Å². The maximum absolute atomic E-state index is 12.7. The molecule has 1 aromatic heterocycles. The highest BCUT2D eigenvalue weighted by Crippen LogP contribution is 2.27. The molecule has 0 spiro atoms. The highest BCUT2D eigenvalue weighted by Gasteiger charge is 2.34. The fraction of sp³-hybridized carbons (Fsp3) is 0.150. The summed E-state index contributed by atoms with van der Waals surface area (Å²) in [4.78, 5) is 18.3. The minimum absolute atomic E-state index is 0. The van der Waals surface area contributed by atoms with Gasteiger partial charge in [0, 0.05) is 31.7 Å². The molecule has 2 aromatic carbocycles. The van der Waals surface area contributed by atoms with Gasteiger partial charge in [-0.2, -0.15) is 5.26 Å². The van der Waals surface area contributed by atoms with Crippen molar-refractivity contribution in [2.24, 2.45) is 0 Å². The summed E-state index contributed by atoms with van der Waals surface area (Å²) < 4.78 is 33.0. The van der Waals surface area contributed by atoms with Gasteiger partial charge in [0.1, 0.15) is 5.75 Å². The molecule has 0 aliphatic carbocycles. The number of anilines is 2. The van der Waals surface area contributed by atoms with Crippen LogP contribution >= 0.6 is 11.3 Å². The molecule has 0 saturated carbocycles. The Kier molecular flexibility index (Phi) is 5.39. The standard InChI is InChI=1S/C20H16N4O4S2.H2/c21-13-14-1-5-16(6-2-14)28-18-9-11-24(19(18)25)15-3-7-17(8-4-15)30(26,27)23-20-22-10-12-29-20;/h1-8,10,12,18H,9,11H2,(H,22,23);1H. The number of aromatic nitrogens is 1. The zero-order chi connectivity index (χ0) is 21.1. The molecule has 1 saturated heterocycles. The first kappa shape index (κ1) is 19.9. The Balaban J connectivity index is 0.00000272. The Morgan fingerprint density at radius 1 is 1.20 bits per heavy atom. The number of carbonyl (C=O) groups is 1. The second-order valence-electron chi connectivity index (χ2n) is 6.46. The molecule has 1 aliphatic heterocycles. The molecule has 1 fully saturated rings. The van der Waals surface area contributed by atoms with Crippen LogP contribution in [-0.4, -0.2) is 32.0 Å². The first-order valence-corrected chi connectivity index (χ1v) is 11.3. The van der Waals surface area contributed by atoms with E-state index < -0.39 is 16.1 Å². The summed E-state index contributed by atoms with van der Waals surface area (Å²) in [6.07, 6.45) is 1.39. The van der Waals surface area contributed by atoms with Gasteiger partial charge in [-0.05, 0) is 48.5 Å². The van der Waals surface area contributed by atoms with E-state index in [0.29, 0.717) is 30.0 Å². The minimum Gasteiger partial charge on any atom is -0.481 e. The van der Waals surface area contributed by atoms with Crippen molar-refractivity contribution in [2.75, 3.05) is 16.2 Å². The number of hydrogen-bond acceptors (Lipinski definition) is 7. The van der Waals surface area contributed by atoms with E-state index >= 15 is 0 Å². The third kappa shape index (κ3) is 4.12. The first-order valence-electron chi connectivity index (χ1n) is 8.97. The lowest BCUT2D eigenvalue weighted by molar-refractivity contribution is -0.122. The summed E-state index contributed by atoms with van der Waals surface area (Å²) >= 11 is 1.19. The van der Waals surface area contributed by atoms with E-state index in [0.717, 1.165) is 0 Å². The van der Waals surface area contributed by atoms with Crippen molar-refractivity contribution in [1.29, 1.82) is 5.26 Å². The summed E-state index contributed by atoms with van der Waals surface area (Å²) in [5.41, 5.74) is 1.11. The van der Waals surface area contributed by atoms with Gasteiger partial charge in [0.25, 0.3) is 15.9 Å². The van der Waals surface area contributed by atoms with Crippen LogP contribution in [0.4, 0.5) is 10.8 Å². The summed E-state index contributed by atoms with van der Waals surface area (Å²) in [5.74, 6) is 0.319. The van der Waals surface area contributed by atoms with E-state index in [1.807, 2.05) is 6.07 Å². The lowest BCUT2D eigenvalue weighted by Gasteiger charge is -2.18. The number of nitrogens with one attached hydrogen (secondary N) is 1. The van der Waals surface area contributed by atoms with Crippen LogP contribution in [0.25, 0.3) is 0 Å². The Morgan fingerprint density at radius 3 is 2.57 bits per heavy atom. The Hall–Kier alpha value is -3.42. The molecule has 4 rings (SSSR count). The predicted molar refractivity (Wildman–Crippen MR) is 114 cm³/mol. The summed E-state index contributed by atoms with van der Waals surface area (Å²) in [6, 6.07) is 14.7. The maximum Gasteiger partial charge on any atom is 0.268 e. The van der Waals surface area contributed by atoms with Crippen LogP contribution in [0.15, 0.2) is 65.0 Å². The number of nitriles is 1. The minimum atomic E-state index is -3.75. The number of carbonyl (C=O) groups excluding carboxylic acids is 1. The SMILES string of the molecule is N#Cc1ccc(OC2CCN(c3ccc(S(=O)(=O)Nc4nccs4)cc3)C2=O)cc1.[HH]. The van der Waals surface area contributed by atoms with E-state index in [1.54, 1.807) is 46.7 Å². The molecule has 0 bridgehead atoms. The van der Waals surface area contributed by atoms with Gasteiger partial charge in [-0.25, -0.2) is 13.4 Å². The lowest BCUT2D eigenvalue weighted by Crippen LogP contribution is -2.32. The van der Waals surface area contributed by atoms with Gasteiger partial charge in [-0.15, -0.1) is 11.3 Å². The van der Waals surface area contributed by atoms with Crippen molar-refractivity contribution in [3.05, 3.63) is 65.7 Å². The van der Waals surface area contributed by atoms with Crippen molar-refractivity contribution in [1.82, 2.24) is 4.98 Å². The molecule has 1 atom stereocenters. The van der Waals surface area contributed by atoms with Crippen LogP contribution in [0.2, 0.25) is 0 Å². The molecule has 8 nitrogen and oxygen atoms in total. The molecule has 0 radical (unpaired) electrons. The van der Waals surface area contributed by atoms with Crippen LogP contribution in [0.5, 0.6) is 5.75 Å². The number of ether oxygens (including phenoxy) is 1. The van der Waals surface area contributed by atoms with Gasteiger partial charge < -0.3 is 9.64 Å². The largest absolute Gasteiger partial charge is 0.481 e. The van der Waals surface area contributed by atoms with Gasteiger partial charge >= 0.3 is 0 Å².